The molecule has 0 spiro atoms. The molecule has 6 nitrogen and oxygen atoms in total. The number of pyridine rings is 1. The maximum atomic E-state index is 12.5. The summed E-state index contributed by atoms with van der Waals surface area (Å²) in [6.07, 6.45) is 4.41. The van der Waals surface area contributed by atoms with Gasteiger partial charge in [0, 0.05) is 30.9 Å². The van der Waals surface area contributed by atoms with Crippen LogP contribution in [0.3, 0.4) is 0 Å². The lowest BCUT2D eigenvalue weighted by Gasteiger charge is -2.09. The zero-order chi connectivity index (χ0) is 18.2. The molecule has 0 aliphatic carbocycles. The Morgan fingerprint density at radius 1 is 1.20 bits per heavy atom. The molecule has 0 atom stereocenters. The summed E-state index contributed by atoms with van der Waals surface area (Å²) in [5.74, 6) is -0.767. The number of carbonyl (C=O) groups excluding carboxylic acids is 2. The lowest BCUT2D eigenvalue weighted by atomic mass is 10.2. The Morgan fingerprint density at radius 2 is 1.96 bits per heavy atom. The van der Waals surface area contributed by atoms with E-state index in [1.807, 2.05) is 18.2 Å². The zero-order valence-corrected chi connectivity index (χ0v) is 14.4. The number of rotatable bonds is 6. The molecule has 0 saturated carbocycles. The van der Waals surface area contributed by atoms with Gasteiger partial charge in [0.25, 0.3) is 11.5 Å². The van der Waals surface area contributed by atoms with Crippen molar-refractivity contribution in [3.05, 3.63) is 81.3 Å². The summed E-state index contributed by atoms with van der Waals surface area (Å²) in [6.45, 7) is 0.418. The van der Waals surface area contributed by atoms with Crippen molar-refractivity contribution in [3.8, 4) is 0 Å². The van der Waals surface area contributed by atoms with Crippen LogP contribution in [0.5, 0.6) is 0 Å². The molecule has 0 aliphatic heterocycles. The number of aromatic nitrogens is 1. The number of amides is 2. The van der Waals surface area contributed by atoms with Crippen LogP contribution in [0.4, 0.5) is 0 Å². The van der Waals surface area contributed by atoms with Crippen LogP contribution in [0.1, 0.15) is 15.9 Å². The molecule has 0 fully saturated rings. The van der Waals surface area contributed by atoms with E-state index >= 15 is 0 Å². The summed E-state index contributed by atoms with van der Waals surface area (Å²) in [4.78, 5) is 35.7. The molecule has 7 heteroatoms. The highest BCUT2D eigenvalue weighted by Gasteiger charge is 2.12. The first-order valence-corrected chi connectivity index (χ1v) is 8.00. The van der Waals surface area contributed by atoms with E-state index < -0.39 is 11.5 Å². The summed E-state index contributed by atoms with van der Waals surface area (Å²) in [7, 11) is 1.51. The highest BCUT2D eigenvalue weighted by molar-refractivity contribution is 6.31. The average Bonchev–Trinajstić information content (AvgIpc) is 2.61. The summed E-state index contributed by atoms with van der Waals surface area (Å²) < 4.78 is 1.43. The second-order valence-electron chi connectivity index (χ2n) is 5.17. The van der Waals surface area contributed by atoms with Crippen molar-refractivity contribution in [2.75, 3.05) is 13.6 Å². The second kappa shape index (κ2) is 8.84. The number of nitrogens with one attached hydrogen (secondary N) is 2. The highest BCUT2D eigenvalue weighted by atomic mass is 35.5. The number of hydrogen-bond donors (Lipinski definition) is 2. The third kappa shape index (κ3) is 5.06. The zero-order valence-electron chi connectivity index (χ0n) is 13.7. The van der Waals surface area contributed by atoms with Crippen LogP contribution >= 0.6 is 11.6 Å². The molecule has 0 radical (unpaired) electrons. The Kier molecular flexibility index (Phi) is 6.54. The van der Waals surface area contributed by atoms with Gasteiger partial charge in [-0.3, -0.25) is 14.4 Å². The predicted molar refractivity (Wildman–Crippen MR) is 96.8 cm³/mol. The van der Waals surface area contributed by atoms with E-state index in [9.17, 15) is 14.4 Å². The fraction of sp³-hybridized carbons (Fsp3) is 0.167. The van der Waals surface area contributed by atoms with Gasteiger partial charge < -0.3 is 15.2 Å². The predicted octanol–water partition coefficient (Wildman–Crippen LogP) is 1.58. The number of hydrogen-bond acceptors (Lipinski definition) is 3. The van der Waals surface area contributed by atoms with Gasteiger partial charge in [0.2, 0.25) is 5.91 Å². The molecule has 2 N–H and O–H groups in total. The Morgan fingerprint density at radius 3 is 2.68 bits per heavy atom. The molecule has 130 valence electrons. The number of likely N-dealkylation sites (N-methyl/N-ethyl adjacent to an activating group) is 1. The summed E-state index contributed by atoms with van der Waals surface area (Å²) in [5.41, 5.74) is 0.412. The first-order chi connectivity index (χ1) is 12.0. The van der Waals surface area contributed by atoms with Crippen LogP contribution in [0.15, 0.2) is 59.5 Å². The van der Waals surface area contributed by atoms with Gasteiger partial charge in [-0.25, -0.2) is 0 Å². The number of benzene rings is 1. The van der Waals surface area contributed by atoms with Crippen LogP contribution < -0.4 is 16.2 Å². The molecule has 2 amide bonds. The molecular weight excluding hydrogens is 342 g/mol. The first-order valence-electron chi connectivity index (χ1n) is 7.62. The molecule has 0 unspecified atom stereocenters. The minimum Gasteiger partial charge on any atom is -0.356 e. The molecule has 1 aromatic heterocycles. The molecule has 2 rings (SSSR count). The van der Waals surface area contributed by atoms with Gasteiger partial charge in [0.05, 0.1) is 6.54 Å². The van der Waals surface area contributed by atoms with Gasteiger partial charge in [-0.05, 0) is 23.8 Å². The third-order valence-electron chi connectivity index (χ3n) is 3.46. The van der Waals surface area contributed by atoms with E-state index in [1.54, 1.807) is 18.3 Å². The Bertz CT molecular complexity index is 859. The van der Waals surface area contributed by atoms with Crippen molar-refractivity contribution in [3.63, 3.8) is 0 Å². The fourth-order valence-corrected chi connectivity index (χ4v) is 2.34. The minimum atomic E-state index is -0.500. The number of halogens is 1. The van der Waals surface area contributed by atoms with Gasteiger partial charge in [-0.2, -0.15) is 0 Å². The third-order valence-corrected chi connectivity index (χ3v) is 3.83. The van der Waals surface area contributed by atoms with Crippen molar-refractivity contribution in [2.45, 2.75) is 6.54 Å². The van der Waals surface area contributed by atoms with E-state index in [4.69, 9.17) is 11.6 Å². The largest absolute Gasteiger partial charge is 0.356 e. The topological polar surface area (TPSA) is 80.2 Å². The van der Waals surface area contributed by atoms with E-state index in [0.29, 0.717) is 5.02 Å². The van der Waals surface area contributed by atoms with Gasteiger partial charge in [-0.15, -0.1) is 0 Å². The summed E-state index contributed by atoms with van der Waals surface area (Å²) in [6, 6.07) is 10.3. The first kappa shape index (κ1) is 18.5. The molecular formula is C18H18ClN3O3. The van der Waals surface area contributed by atoms with Crippen LogP contribution in [0.25, 0.3) is 0 Å². The second-order valence-corrected chi connectivity index (χ2v) is 5.58. The lowest BCUT2D eigenvalue weighted by Crippen LogP contribution is -2.33. The van der Waals surface area contributed by atoms with Gasteiger partial charge in [0.1, 0.15) is 5.56 Å². The van der Waals surface area contributed by atoms with Crippen molar-refractivity contribution < 1.29 is 9.59 Å². The van der Waals surface area contributed by atoms with Crippen molar-refractivity contribution in [1.29, 1.82) is 0 Å². The molecule has 0 saturated heterocycles. The molecule has 0 bridgehead atoms. The molecule has 1 heterocycles. The van der Waals surface area contributed by atoms with Gasteiger partial charge in [-0.1, -0.05) is 35.9 Å². The normalized spacial score (nSPS) is 10.6. The van der Waals surface area contributed by atoms with Crippen molar-refractivity contribution in [2.24, 2.45) is 0 Å². The SMILES string of the molecule is CNC(=O)C=CCNC(=O)c1cccn(Cc2ccccc2Cl)c1=O. The standard InChI is InChI=1S/C18H18ClN3O3/c1-20-16(23)9-4-10-21-17(24)14-7-5-11-22(18(14)25)12-13-6-2-3-8-15(13)19/h2-9,11H,10,12H2,1H3,(H,20,23)(H,21,24). The maximum Gasteiger partial charge on any atom is 0.263 e. The van der Waals surface area contributed by atoms with Crippen LogP contribution in [-0.4, -0.2) is 30.0 Å². The Labute approximate surface area is 150 Å². The summed E-state index contributed by atoms with van der Waals surface area (Å²) >= 11 is 6.12. The van der Waals surface area contributed by atoms with Crippen molar-refractivity contribution in [1.82, 2.24) is 15.2 Å². The Balaban J connectivity index is 2.11. The molecule has 1 aromatic carbocycles. The molecule has 2 aromatic rings. The van der Waals surface area contributed by atoms with E-state index in [2.05, 4.69) is 10.6 Å². The van der Waals surface area contributed by atoms with Crippen LogP contribution in [-0.2, 0) is 11.3 Å². The van der Waals surface area contributed by atoms with E-state index in [0.717, 1.165) is 5.56 Å². The highest BCUT2D eigenvalue weighted by Crippen LogP contribution is 2.15. The van der Waals surface area contributed by atoms with Gasteiger partial charge in [0.15, 0.2) is 0 Å². The smallest absolute Gasteiger partial charge is 0.263 e. The fourth-order valence-electron chi connectivity index (χ4n) is 2.14. The average molecular weight is 360 g/mol. The van der Waals surface area contributed by atoms with Crippen molar-refractivity contribution >= 4 is 23.4 Å². The number of carbonyl (C=O) groups is 2. The van der Waals surface area contributed by atoms with Gasteiger partial charge >= 0.3 is 0 Å². The van der Waals surface area contributed by atoms with Crippen LogP contribution in [0, 0.1) is 0 Å². The Hall–Kier alpha value is -2.86. The van der Waals surface area contributed by atoms with E-state index in [1.165, 1.54) is 29.8 Å². The maximum absolute atomic E-state index is 12.5. The van der Waals surface area contributed by atoms with E-state index in [-0.39, 0.29) is 24.6 Å². The molecule has 25 heavy (non-hydrogen) atoms. The number of nitrogens with zero attached hydrogens (tertiary/aromatic N) is 1. The summed E-state index contributed by atoms with van der Waals surface area (Å²) in [5, 5.41) is 5.56. The quantitative estimate of drug-likeness (QED) is 0.768. The minimum absolute atomic E-state index is 0.0305. The molecule has 0 aliphatic rings. The van der Waals surface area contributed by atoms with Crippen LogP contribution in [0.2, 0.25) is 5.02 Å². The monoisotopic (exact) mass is 359 g/mol. The lowest BCUT2D eigenvalue weighted by molar-refractivity contribution is -0.116.